The highest BCUT2D eigenvalue weighted by Crippen LogP contribution is 2.27. The molecule has 8 heteroatoms. The third-order valence-electron chi connectivity index (χ3n) is 4.05. The molecule has 152 valence electrons. The second-order valence-electron chi connectivity index (χ2n) is 7.03. The number of nitrogens with one attached hydrogen (secondary N) is 1. The normalized spacial score (nSPS) is 12.2. The Hall–Kier alpha value is -2.09. The van der Waals surface area contributed by atoms with Crippen molar-refractivity contribution in [3.05, 3.63) is 23.8 Å². The van der Waals surface area contributed by atoms with Gasteiger partial charge < -0.3 is 19.9 Å². The number of carbonyl (C=O) groups excluding carboxylic acids is 1. The molecular formula is C19H30N2O5S. The van der Waals surface area contributed by atoms with Crippen LogP contribution < -0.4 is 14.8 Å². The summed E-state index contributed by atoms with van der Waals surface area (Å²) in [5, 5.41) is 12.5. The summed E-state index contributed by atoms with van der Waals surface area (Å²) in [7, 11) is 3.11. The zero-order chi connectivity index (χ0) is 20.6. The number of carboxylic acid groups (broad SMARTS) is 1. The lowest BCUT2D eigenvalue weighted by Gasteiger charge is -2.38. The molecule has 0 saturated carbocycles. The summed E-state index contributed by atoms with van der Waals surface area (Å²) >= 11 is 1.58. The van der Waals surface area contributed by atoms with Crippen LogP contribution in [0.5, 0.6) is 11.5 Å². The molecule has 2 N–H and O–H groups in total. The van der Waals surface area contributed by atoms with E-state index in [2.05, 4.69) is 5.32 Å². The van der Waals surface area contributed by atoms with Crippen LogP contribution in [-0.2, 0) is 11.3 Å². The highest BCUT2D eigenvalue weighted by atomic mass is 32.2. The molecule has 1 aromatic carbocycles. The molecule has 0 unspecified atom stereocenters. The summed E-state index contributed by atoms with van der Waals surface area (Å²) in [4.78, 5) is 25.8. The van der Waals surface area contributed by atoms with Crippen molar-refractivity contribution in [2.24, 2.45) is 0 Å². The minimum atomic E-state index is -1.10. The number of amides is 2. The summed E-state index contributed by atoms with van der Waals surface area (Å²) < 4.78 is 10.5. The average Bonchev–Trinajstić information content (AvgIpc) is 2.61. The van der Waals surface area contributed by atoms with Crippen LogP contribution in [0.1, 0.15) is 32.8 Å². The third kappa shape index (κ3) is 6.53. The number of thioether (sulfide) groups is 1. The number of carbonyl (C=O) groups is 2. The van der Waals surface area contributed by atoms with Gasteiger partial charge in [0.2, 0.25) is 5.91 Å². The molecule has 0 saturated heterocycles. The zero-order valence-electron chi connectivity index (χ0n) is 16.9. The van der Waals surface area contributed by atoms with E-state index in [4.69, 9.17) is 9.47 Å². The van der Waals surface area contributed by atoms with Crippen molar-refractivity contribution in [1.29, 1.82) is 0 Å². The van der Waals surface area contributed by atoms with Gasteiger partial charge in [-0.3, -0.25) is 9.69 Å². The van der Waals surface area contributed by atoms with E-state index >= 15 is 0 Å². The van der Waals surface area contributed by atoms with Crippen molar-refractivity contribution in [3.8, 4) is 11.5 Å². The minimum Gasteiger partial charge on any atom is -0.493 e. The maximum atomic E-state index is 12.8. The van der Waals surface area contributed by atoms with Gasteiger partial charge in [0.25, 0.3) is 0 Å². The number of rotatable bonds is 9. The van der Waals surface area contributed by atoms with Crippen molar-refractivity contribution in [1.82, 2.24) is 10.2 Å². The van der Waals surface area contributed by atoms with Gasteiger partial charge in [-0.15, -0.1) is 0 Å². The van der Waals surface area contributed by atoms with Crippen LogP contribution in [0.4, 0.5) is 4.79 Å². The number of ether oxygens (including phenoxy) is 2. The summed E-state index contributed by atoms with van der Waals surface area (Å²) in [6, 6.07) is 4.63. The fraction of sp³-hybridized carbons (Fsp3) is 0.579. The molecular weight excluding hydrogens is 368 g/mol. The summed E-state index contributed by atoms with van der Waals surface area (Å²) in [5.74, 6) is 1.56. The Bertz CT molecular complexity index is 645. The second kappa shape index (κ2) is 10.3. The van der Waals surface area contributed by atoms with Crippen molar-refractivity contribution in [3.63, 3.8) is 0 Å². The van der Waals surface area contributed by atoms with Crippen LogP contribution in [0, 0.1) is 0 Å². The average molecular weight is 399 g/mol. The number of hydrogen-bond donors (Lipinski definition) is 2. The molecule has 7 nitrogen and oxygen atoms in total. The molecule has 27 heavy (non-hydrogen) atoms. The van der Waals surface area contributed by atoms with Crippen molar-refractivity contribution in [2.75, 3.05) is 26.2 Å². The topological polar surface area (TPSA) is 88.1 Å². The van der Waals surface area contributed by atoms with Crippen molar-refractivity contribution in [2.45, 2.75) is 45.3 Å². The Balaban J connectivity index is 2.95. The first-order valence-corrected chi connectivity index (χ1v) is 10.0. The van der Waals surface area contributed by atoms with Gasteiger partial charge in [0.1, 0.15) is 6.04 Å². The Morgan fingerprint density at radius 2 is 1.85 bits per heavy atom. The SMILES string of the molecule is COc1ccc(CNC(=O)[C@@H](CCSC)N(C(=O)O)C(C)(C)C)cc1OC. The summed E-state index contributed by atoms with van der Waals surface area (Å²) in [5.41, 5.74) is 0.150. The molecule has 0 bridgehead atoms. The largest absolute Gasteiger partial charge is 0.493 e. The number of nitrogens with zero attached hydrogens (tertiary/aromatic N) is 1. The lowest BCUT2D eigenvalue weighted by molar-refractivity contribution is -0.127. The zero-order valence-corrected chi connectivity index (χ0v) is 17.7. The molecule has 0 heterocycles. The Morgan fingerprint density at radius 1 is 1.22 bits per heavy atom. The Kier molecular flexibility index (Phi) is 8.75. The van der Waals surface area contributed by atoms with Gasteiger partial charge in [0.05, 0.1) is 14.2 Å². The first-order chi connectivity index (χ1) is 12.6. The summed E-state index contributed by atoms with van der Waals surface area (Å²) in [6.45, 7) is 5.63. The quantitative estimate of drug-likeness (QED) is 0.664. The molecule has 0 aromatic heterocycles. The maximum absolute atomic E-state index is 12.8. The van der Waals surface area contributed by atoms with E-state index in [-0.39, 0.29) is 12.5 Å². The second-order valence-corrected chi connectivity index (χ2v) is 8.01. The Labute approximate surface area is 165 Å². The highest BCUT2D eigenvalue weighted by molar-refractivity contribution is 7.98. The molecule has 0 radical (unpaired) electrons. The number of hydrogen-bond acceptors (Lipinski definition) is 5. The van der Waals surface area contributed by atoms with Gasteiger partial charge in [0.15, 0.2) is 11.5 Å². The van der Waals surface area contributed by atoms with Crippen molar-refractivity contribution < 1.29 is 24.2 Å². The van der Waals surface area contributed by atoms with Crippen LogP contribution in [0.25, 0.3) is 0 Å². The molecule has 1 rings (SSSR count). The van der Waals surface area contributed by atoms with Crippen LogP contribution in [0.2, 0.25) is 0 Å². The highest BCUT2D eigenvalue weighted by Gasteiger charge is 2.37. The van der Waals surface area contributed by atoms with E-state index in [1.54, 1.807) is 58.9 Å². The molecule has 1 aromatic rings. The first-order valence-electron chi connectivity index (χ1n) is 8.65. The van der Waals surface area contributed by atoms with Gasteiger partial charge in [-0.2, -0.15) is 11.8 Å². The van der Waals surface area contributed by atoms with Gasteiger partial charge in [-0.25, -0.2) is 4.79 Å². The molecule has 0 aliphatic heterocycles. The van der Waals surface area contributed by atoms with Gasteiger partial charge in [0, 0.05) is 12.1 Å². The Morgan fingerprint density at radius 3 is 2.33 bits per heavy atom. The monoisotopic (exact) mass is 398 g/mol. The fourth-order valence-corrected chi connectivity index (χ4v) is 3.25. The van der Waals surface area contributed by atoms with Gasteiger partial charge in [-0.05, 0) is 56.9 Å². The predicted octanol–water partition coefficient (Wildman–Crippen LogP) is 3.22. The maximum Gasteiger partial charge on any atom is 0.408 e. The van der Waals surface area contributed by atoms with E-state index in [9.17, 15) is 14.7 Å². The summed E-state index contributed by atoms with van der Waals surface area (Å²) in [6.07, 6.45) is 1.28. The lowest BCUT2D eigenvalue weighted by atomic mass is 10.0. The fourth-order valence-electron chi connectivity index (χ4n) is 2.79. The van der Waals surface area contributed by atoms with E-state index < -0.39 is 17.7 Å². The molecule has 1 atom stereocenters. The van der Waals surface area contributed by atoms with E-state index in [1.165, 1.54) is 4.90 Å². The van der Waals surface area contributed by atoms with Crippen molar-refractivity contribution >= 4 is 23.8 Å². The molecule has 0 aliphatic carbocycles. The first kappa shape index (κ1) is 23.0. The molecule has 0 spiro atoms. The predicted molar refractivity (Wildman–Crippen MR) is 108 cm³/mol. The minimum absolute atomic E-state index is 0.270. The number of benzene rings is 1. The van der Waals surface area contributed by atoms with Crippen LogP contribution in [0.15, 0.2) is 18.2 Å². The smallest absolute Gasteiger partial charge is 0.408 e. The van der Waals surface area contributed by atoms with E-state index in [0.717, 1.165) is 5.56 Å². The lowest BCUT2D eigenvalue weighted by Crippen LogP contribution is -2.56. The molecule has 0 aliphatic rings. The standard InChI is InChI=1S/C19H30N2O5S/c1-19(2,3)21(18(23)24)14(9-10-27-6)17(22)20-12-13-7-8-15(25-4)16(11-13)26-5/h7-8,11,14H,9-10,12H2,1-6H3,(H,20,22)(H,23,24)/t14-/m1/s1. The van der Waals surface area contributed by atoms with Gasteiger partial charge >= 0.3 is 6.09 Å². The molecule has 2 amide bonds. The van der Waals surface area contributed by atoms with Gasteiger partial charge in [-0.1, -0.05) is 6.07 Å². The molecule has 0 fully saturated rings. The van der Waals surface area contributed by atoms with E-state index in [1.807, 2.05) is 12.3 Å². The van der Waals surface area contributed by atoms with Crippen LogP contribution >= 0.6 is 11.8 Å². The van der Waals surface area contributed by atoms with E-state index in [0.29, 0.717) is 23.7 Å². The number of methoxy groups -OCH3 is 2. The van der Waals surface area contributed by atoms with Crippen LogP contribution in [-0.4, -0.2) is 59.8 Å². The van der Waals surface area contributed by atoms with Crippen LogP contribution in [0.3, 0.4) is 0 Å². The third-order valence-corrected chi connectivity index (χ3v) is 4.70.